The molecule has 2 N–H and O–H groups in total. The predicted octanol–water partition coefficient (Wildman–Crippen LogP) is 1.70. The monoisotopic (exact) mass is 246 g/mol. The van der Waals surface area contributed by atoms with Crippen LogP contribution in [0.25, 0.3) is 0 Å². The normalized spacial score (nSPS) is 10.1. The lowest BCUT2D eigenvalue weighted by atomic mass is 10.3. The first-order chi connectivity index (χ1) is 8.79. The molecule has 0 fully saturated rings. The summed E-state index contributed by atoms with van der Waals surface area (Å²) in [5.41, 5.74) is 0.432. The fourth-order valence-electron chi connectivity index (χ4n) is 1.40. The van der Waals surface area contributed by atoms with E-state index < -0.39 is 0 Å². The van der Waals surface area contributed by atoms with Crippen LogP contribution in [0.15, 0.2) is 35.3 Å². The molecule has 1 aromatic carbocycles. The lowest BCUT2D eigenvalue weighted by Crippen LogP contribution is -2.11. The highest BCUT2D eigenvalue weighted by Crippen LogP contribution is 2.25. The van der Waals surface area contributed by atoms with Crippen molar-refractivity contribution in [2.24, 2.45) is 0 Å². The summed E-state index contributed by atoms with van der Waals surface area (Å²) < 4.78 is 5.59. The van der Waals surface area contributed by atoms with Crippen molar-refractivity contribution in [3.05, 3.63) is 40.8 Å². The first kappa shape index (κ1) is 12.1. The van der Waals surface area contributed by atoms with E-state index >= 15 is 0 Å². The Hall–Kier alpha value is -2.37. The van der Waals surface area contributed by atoms with E-state index in [1.807, 2.05) is 31.2 Å². The molecule has 6 nitrogen and oxygen atoms in total. The van der Waals surface area contributed by atoms with Gasteiger partial charge in [0.25, 0.3) is 5.56 Å². The maximum absolute atomic E-state index is 11.1. The summed E-state index contributed by atoms with van der Waals surface area (Å²) >= 11 is 0. The zero-order valence-electron chi connectivity index (χ0n) is 10.0. The van der Waals surface area contributed by atoms with Crippen LogP contribution in [0.1, 0.15) is 13.3 Å². The van der Waals surface area contributed by atoms with E-state index in [2.05, 4.69) is 20.5 Å². The van der Waals surface area contributed by atoms with Crippen molar-refractivity contribution in [3.63, 3.8) is 0 Å². The topological polar surface area (TPSA) is 79.9 Å². The number of nitrogens with one attached hydrogen (secondary N) is 2. The van der Waals surface area contributed by atoms with Gasteiger partial charge in [-0.3, -0.25) is 9.78 Å². The number of rotatable bonds is 5. The Balaban J connectivity index is 2.20. The van der Waals surface area contributed by atoms with Gasteiger partial charge in [0.2, 0.25) is 5.95 Å². The van der Waals surface area contributed by atoms with E-state index in [4.69, 9.17) is 4.74 Å². The highest BCUT2D eigenvalue weighted by molar-refractivity contribution is 5.61. The van der Waals surface area contributed by atoms with Gasteiger partial charge in [0, 0.05) is 0 Å². The van der Waals surface area contributed by atoms with Gasteiger partial charge >= 0.3 is 0 Å². The van der Waals surface area contributed by atoms with Crippen LogP contribution in [-0.4, -0.2) is 21.8 Å². The Kier molecular flexibility index (Phi) is 3.90. The summed E-state index contributed by atoms with van der Waals surface area (Å²) in [5.74, 6) is 1.00. The zero-order valence-corrected chi connectivity index (χ0v) is 10.0. The number of hydrogen-bond acceptors (Lipinski definition) is 5. The standard InChI is InChI=1S/C12H14N4O2/c1-2-7-18-10-6-4-3-5-9(10)14-12-15-11(17)8-13-16-12/h3-6,8H,2,7H2,1H3,(H2,14,15,16,17). The number of para-hydroxylation sites is 2. The number of ether oxygens (including phenoxy) is 1. The van der Waals surface area contributed by atoms with Gasteiger partial charge in [-0.2, -0.15) is 0 Å². The molecule has 1 aromatic heterocycles. The summed E-state index contributed by atoms with van der Waals surface area (Å²) in [6.45, 7) is 2.67. The number of anilines is 2. The van der Waals surface area contributed by atoms with Crippen LogP contribution in [0, 0.1) is 0 Å². The van der Waals surface area contributed by atoms with Crippen LogP contribution in [0.4, 0.5) is 11.6 Å². The van der Waals surface area contributed by atoms with Gasteiger partial charge < -0.3 is 10.1 Å². The van der Waals surface area contributed by atoms with Crippen molar-refractivity contribution in [1.29, 1.82) is 0 Å². The zero-order chi connectivity index (χ0) is 12.8. The minimum atomic E-state index is -0.306. The molecule has 0 aliphatic heterocycles. The van der Waals surface area contributed by atoms with Crippen molar-refractivity contribution >= 4 is 11.6 Å². The molecule has 0 aliphatic carbocycles. The van der Waals surface area contributed by atoms with Crippen molar-refractivity contribution in [1.82, 2.24) is 15.2 Å². The van der Waals surface area contributed by atoms with E-state index in [1.54, 1.807) is 0 Å². The van der Waals surface area contributed by atoms with E-state index in [0.717, 1.165) is 18.3 Å². The van der Waals surface area contributed by atoms with Crippen LogP contribution in [-0.2, 0) is 0 Å². The second-order valence-corrected chi connectivity index (χ2v) is 3.65. The SMILES string of the molecule is CCCOc1ccccc1Nc1nncc(=O)[nH]1. The van der Waals surface area contributed by atoms with Crippen LogP contribution >= 0.6 is 0 Å². The van der Waals surface area contributed by atoms with Crippen LogP contribution in [0.3, 0.4) is 0 Å². The Morgan fingerprint density at radius 1 is 1.39 bits per heavy atom. The number of H-pyrrole nitrogens is 1. The van der Waals surface area contributed by atoms with Gasteiger partial charge in [0.1, 0.15) is 11.9 Å². The Morgan fingerprint density at radius 3 is 3.00 bits per heavy atom. The molecule has 0 atom stereocenters. The lowest BCUT2D eigenvalue weighted by molar-refractivity contribution is 0.319. The third-order valence-corrected chi connectivity index (χ3v) is 2.18. The number of nitrogens with zero attached hydrogens (tertiary/aromatic N) is 2. The van der Waals surface area contributed by atoms with Crippen molar-refractivity contribution < 1.29 is 4.74 Å². The predicted molar refractivity (Wildman–Crippen MR) is 68.2 cm³/mol. The number of aromatic nitrogens is 3. The lowest BCUT2D eigenvalue weighted by Gasteiger charge is -2.11. The third kappa shape index (κ3) is 3.07. The molecule has 6 heteroatoms. The minimum absolute atomic E-state index is 0.287. The van der Waals surface area contributed by atoms with Crippen LogP contribution in [0.2, 0.25) is 0 Å². The van der Waals surface area contributed by atoms with Gasteiger partial charge in [-0.25, -0.2) is 0 Å². The summed E-state index contributed by atoms with van der Waals surface area (Å²) in [7, 11) is 0. The molecular formula is C12H14N4O2. The molecule has 0 unspecified atom stereocenters. The smallest absolute Gasteiger partial charge is 0.271 e. The van der Waals surface area contributed by atoms with Crippen LogP contribution in [0.5, 0.6) is 5.75 Å². The number of hydrogen-bond donors (Lipinski definition) is 2. The largest absolute Gasteiger partial charge is 0.491 e. The second-order valence-electron chi connectivity index (χ2n) is 3.65. The Bertz CT molecular complexity index is 568. The van der Waals surface area contributed by atoms with Crippen LogP contribution < -0.4 is 15.6 Å². The summed E-state index contributed by atoms with van der Waals surface area (Å²) in [4.78, 5) is 13.7. The van der Waals surface area contributed by atoms with E-state index in [-0.39, 0.29) is 11.5 Å². The van der Waals surface area contributed by atoms with E-state index in [1.165, 1.54) is 0 Å². The van der Waals surface area contributed by atoms with E-state index in [0.29, 0.717) is 12.4 Å². The fraction of sp³-hybridized carbons (Fsp3) is 0.250. The number of aromatic amines is 1. The molecule has 18 heavy (non-hydrogen) atoms. The molecule has 0 amide bonds. The Morgan fingerprint density at radius 2 is 2.22 bits per heavy atom. The molecular weight excluding hydrogens is 232 g/mol. The number of benzene rings is 1. The molecule has 94 valence electrons. The highest BCUT2D eigenvalue weighted by atomic mass is 16.5. The first-order valence-corrected chi connectivity index (χ1v) is 5.70. The van der Waals surface area contributed by atoms with Gasteiger partial charge in [-0.1, -0.05) is 19.1 Å². The third-order valence-electron chi connectivity index (χ3n) is 2.18. The van der Waals surface area contributed by atoms with Gasteiger partial charge in [0.05, 0.1) is 12.3 Å². The van der Waals surface area contributed by atoms with E-state index in [9.17, 15) is 4.79 Å². The molecule has 2 aromatic rings. The van der Waals surface area contributed by atoms with Gasteiger partial charge in [-0.15, -0.1) is 10.2 Å². The van der Waals surface area contributed by atoms with Crippen molar-refractivity contribution in [3.8, 4) is 5.75 Å². The quantitative estimate of drug-likeness (QED) is 0.839. The summed E-state index contributed by atoms with van der Waals surface area (Å²) in [6, 6.07) is 7.45. The molecule has 0 bridgehead atoms. The molecule has 2 rings (SSSR count). The van der Waals surface area contributed by atoms with Gasteiger partial charge in [-0.05, 0) is 18.6 Å². The molecule has 0 radical (unpaired) electrons. The Labute approximate surface area is 104 Å². The maximum atomic E-state index is 11.1. The summed E-state index contributed by atoms with van der Waals surface area (Å²) in [5, 5.41) is 10.3. The summed E-state index contributed by atoms with van der Waals surface area (Å²) in [6.07, 6.45) is 2.04. The molecule has 0 aliphatic rings. The van der Waals surface area contributed by atoms with Gasteiger partial charge in [0.15, 0.2) is 0 Å². The first-order valence-electron chi connectivity index (χ1n) is 5.70. The highest BCUT2D eigenvalue weighted by Gasteiger charge is 2.04. The minimum Gasteiger partial charge on any atom is -0.491 e. The molecule has 0 spiro atoms. The fourth-order valence-corrected chi connectivity index (χ4v) is 1.40. The second kappa shape index (κ2) is 5.81. The average molecular weight is 246 g/mol. The maximum Gasteiger partial charge on any atom is 0.271 e. The van der Waals surface area contributed by atoms with Crippen molar-refractivity contribution in [2.75, 3.05) is 11.9 Å². The molecule has 0 saturated carbocycles. The molecule has 1 heterocycles. The van der Waals surface area contributed by atoms with Crippen molar-refractivity contribution in [2.45, 2.75) is 13.3 Å². The average Bonchev–Trinajstić information content (AvgIpc) is 2.38. The molecule has 0 saturated heterocycles.